The van der Waals surface area contributed by atoms with Crippen LogP contribution in [0.3, 0.4) is 0 Å². The van der Waals surface area contributed by atoms with Gasteiger partial charge in [0.25, 0.3) is 6.08 Å². The summed E-state index contributed by atoms with van der Waals surface area (Å²) in [7, 11) is 0. The molecule has 1 N–H and O–H groups in total. The molecule has 0 unspecified atom stereocenters. The Morgan fingerprint density at radius 1 is 0.955 bits per heavy atom. The molecule has 2 aromatic rings. The molecular weight excluding hydrogens is 282 g/mol. The lowest BCUT2D eigenvalue weighted by molar-refractivity contribution is 0.143. The molecule has 2 rings (SSSR count). The number of hydrogen-bond donors (Lipinski definition) is 1. The van der Waals surface area contributed by atoms with Gasteiger partial charge in [0.1, 0.15) is 0 Å². The van der Waals surface area contributed by atoms with Crippen LogP contribution in [0.15, 0.2) is 72.3 Å². The van der Waals surface area contributed by atoms with Crippen molar-refractivity contribution in [1.29, 1.82) is 0 Å². The van der Waals surface area contributed by atoms with Gasteiger partial charge in [-0.1, -0.05) is 60.7 Å². The highest BCUT2D eigenvalue weighted by Gasteiger charge is 2.25. The molecule has 3 heteroatoms. The molecule has 22 heavy (non-hydrogen) atoms. The minimum absolute atomic E-state index is 0.0632. The van der Waals surface area contributed by atoms with Gasteiger partial charge in [-0.25, -0.2) is 0 Å². The second kappa shape index (κ2) is 7.85. The maximum atomic E-state index is 13.1. The van der Waals surface area contributed by atoms with Crippen molar-refractivity contribution in [2.75, 3.05) is 0 Å². The number of hydrogen-bond acceptors (Lipinski definition) is 1. The third-order valence-electron chi connectivity index (χ3n) is 3.88. The lowest BCUT2D eigenvalue weighted by Crippen LogP contribution is -2.21. The van der Waals surface area contributed by atoms with E-state index < -0.39 is 18.1 Å². The van der Waals surface area contributed by atoms with Crippen LogP contribution in [0.5, 0.6) is 0 Å². The third-order valence-corrected chi connectivity index (χ3v) is 3.88. The molecule has 0 heterocycles. The van der Waals surface area contributed by atoms with E-state index in [9.17, 15) is 13.9 Å². The van der Waals surface area contributed by atoms with Crippen LogP contribution in [0.4, 0.5) is 8.78 Å². The minimum Gasteiger partial charge on any atom is -0.392 e. The minimum atomic E-state index is -1.72. The molecule has 116 valence electrons. The summed E-state index contributed by atoms with van der Waals surface area (Å²) in [6.07, 6.45) is -1.46. The number of benzene rings is 2. The zero-order valence-corrected chi connectivity index (χ0v) is 12.5. The van der Waals surface area contributed by atoms with Crippen LogP contribution in [-0.2, 0) is 6.42 Å². The summed E-state index contributed by atoms with van der Waals surface area (Å²) in [6.45, 7) is 1.39. The molecule has 0 bridgehead atoms. The number of aliphatic hydroxyl groups excluding tert-OH is 1. The van der Waals surface area contributed by atoms with Crippen LogP contribution >= 0.6 is 0 Å². The number of rotatable bonds is 6. The highest BCUT2D eigenvalue weighted by atomic mass is 19.3. The van der Waals surface area contributed by atoms with Crippen molar-refractivity contribution >= 4 is 0 Å². The topological polar surface area (TPSA) is 20.2 Å². The molecule has 0 saturated carbocycles. The van der Waals surface area contributed by atoms with Gasteiger partial charge < -0.3 is 5.11 Å². The van der Waals surface area contributed by atoms with E-state index in [-0.39, 0.29) is 5.57 Å². The summed E-state index contributed by atoms with van der Waals surface area (Å²) >= 11 is 0. The molecule has 0 aliphatic carbocycles. The van der Waals surface area contributed by atoms with Crippen molar-refractivity contribution in [2.45, 2.75) is 31.8 Å². The first-order valence-corrected chi connectivity index (χ1v) is 7.38. The lowest BCUT2D eigenvalue weighted by atomic mass is 9.85. The Hall–Kier alpha value is -2.00. The Kier molecular flexibility index (Phi) is 5.84. The van der Waals surface area contributed by atoms with Crippen molar-refractivity contribution in [1.82, 2.24) is 0 Å². The van der Waals surface area contributed by atoms with Gasteiger partial charge in [0.05, 0.1) is 6.10 Å². The molecule has 0 aromatic heterocycles. The van der Waals surface area contributed by atoms with Crippen LogP contribution in [-0.4, -0.2) is 11.2 Å². The first-order valence-electron chi connectivity index (χ1n) is 7.38. The maximum absolute atomic E-state index is 13.1. The Balaban J connectivity index is 2.16. The molecule has 0 amide bonds. The number of aryl methyl sites for hydroxylation is 1. The van der Waals surface area contributed by atoms with Crippen molar-refractivity contribution in [3.63, 3.8) is 0 Å². The van der Waals surface area contributed by atoms with Gasteiger partial charge in [-0.3, -0.25) is 0 Å². The van der Waals surface area contributed by atoms with Gasteiger partial charge in [-0.15, -0.1) is 0 Å². The first-order chi connectivity index (χ1) is 10.6. The second-order valence-electron chi connectivity index (χ2n) is 5.42. The fourth-order valence-corrected chi connectivity index (χ4v) is 2.66. The van der Waals surface area contributed by atoms with Crippen LogP contribution in [0.2, 0.25) is 0 Å². The van der Waals surface area contributed by atoms with E-state index in [1.165, 1.54) is 6.92 Å². The van der Waals surface area contributed by atoms with E-state index in [4.69, 9.17) is 0 Å². The Labute approximate surface area is 129 Å². The van der Waals surface area contributed by atoms with Gasteiger partial charge >= 0.3 is 0 Å². The van der Waals surface area contributed by atoms with E-state index in [0.29, 0.717) is 18.4 Å². The highest BCUT2D eigenvalue weighted by molar-refractivity contribution is 5.30. The molecule has 0 spiro atoms. The average molecular weight is 302 g/mol. The van der Waals surface area contributed by atoms with Gasteiger partial charge in [0.2, 0.25) is 0 Å². The van der Waals surface area contributed by atoms with E-state index in [1.807, 2.05) is 36.4 Å². The van der Waals surface area contributed by atoms with Crippen molar-refractivity contribution < 1.29 is 13.9 Å². The summed E-state index contributed by atoms with van der Waals surface area (Å²) in [4.78, 5) is 0. The molecule has 0 saturated heterocycles. The summed E-state index contributed by atoms with van der Waals surface area (Å²) < 4.78 is 26.1. The smallest absolute Gasteiger partial charge is 0.269 e. The van der Waals surface area contributed by atoms with Gasteiger partial charge in [-0.2, -0.15) is 8.78 Å². The molecular formula is C19H20F2O. The van der Waals surface area contributed by atoms with E-state index in [1.54, 1.807) is 24.3 Å². The largest absolute Gasteiger partial charge is 0.392 e. The third kappa shape index (κ3) is 4.25. The van der Waals surface area contributed by atoms with Crippen LogP contribution < -0.4 is 0 Å². The molecule has 2 aromatic carbocycles. The zero-order valence-electron chi connectivity index (χ0n) is 12.5. The van der Waals surface area contributed by atoms with Gasteiger partial charge in [-0.05, 0) is 30.9 Å². The van der Waals surface area contributed by atoms with E-state index in [2.05, 4.69) is 0 Å². The van der Waals surface area contributed by atoms with Gasteiger partial charge in [0.15, 0.2) is 0 Å². The first kappa shape index (κ1) is 16.4. The predicted octanol–water partition coefficient (Wildman–Crippen LogP) is 4.93. The fourth-order valence-electron chi connectivity index (χ4n) is 2.66. The molecule has 0 fully saturated rings. The quantitative estimate of drug-likeness (QED) is 0.801. The fraction of sp³-hybridized carbons (Fsp3) is 0.263. The van der Waals surface area contributed by atoms with Crippen LogP contribution in [0, 0.1) is 0 Å². The molecule has 0 aliphatic heterocycles. The van der Waals surface area contributed by atoms with Gasteiger partial charge in [0, 0.05) is 11.5 Å². The van der Waals surface area contributed by atoms with Crippen molar-refractivity contribution in [3.05, 3.63) is 83.4 Å². The zero-order chi connectivity index (χ0) is 15.9. The Bertz CT molecular complexity index is 604. The number of aliphatic hydroxyl groups is 1. The summed E-state index contributed by atoms with van der Waals surface area (Å²) in [5, 5.41) is 10.5. The molecule has 1 nitrogen and oxygen atoms in total. The molecule has 0 aliphatic rings. The second-order valence-corrected chi connectivity index (χ2v) is 5.42. The number of halogens is 2. The Morgan fingerprint density at radius 2 is 1.50 bits per heavy atom. The monoisotopic (exact) mass is 302 g/mol. The SMILES string of the molecule is CC(=C(F)F)[C@@H](c1ccccc1)[C@@H](O)CCc1ccccc1. The summed E-state index contributed by atoms with van der Waals surface area (Å²) in [5.74, 6) is -0.671. The van der Waals surface area contributed by atoms with Crippen LogP contribution in [0.25, 0.3) is 0 Å². The molecule has 2 atom stereocenters. The molecule has 0 radical (unpaired) electrons. The standard InChI is InChI=1S/C19H20F2O/c1-14(19(20)21)18(16-10-6-3-7-11-16)17(22)13-12-15-8-4-2-5-9-15/h2-11,17-18,22H,12-13H2,1H3/t17-,18-/m0/s1. The maximum Gasteiger partial charge on any atom is 0.269 e. The van der Waals surface area contributed by atoms with E-state index in [0.717, 1.165) is 5.56 Å². The Morgan fingerprint density at radius 3 is 2.05 bits per heavy atom. The predicted molar refractivity (Wildman–Crippen MR) is 84.9 cm³/mol. The van der Waals surface area contributed by atoms with Crippen molar-refractivity contribution in [2.24, 2.45) is 0 Å². The highest BCUT2D eigenvalue weighted by Crippen LogP contribution is 2.32. The summed E-state index contributed by atoms with van der Waals surface area (Å²) in [6, 6.07) is 18.7. The van der Waals surface area contributed by atoms with Crippen LogP contribution in [0.1, 0.15) is 30.4 Å². The lowest BCUT2D eigenvalue weighted by Gasteiger charge is -2.24. The summed E-state index contributed by atoms with van der Waals surface area (Å²) in [5.41, 5.74) is 1.75. The average Bonchev–Trinajstić information content (AvgIpc) is 2.55. The van der Waals surface area contributed by atoms with Crippen molar-refractivity contribution in [3.8, 4) is 0 Å². The van der Waals surface area contributed by atoms with E-state index >= 15 is 0 Å². The normalized spacial score (nSPS) is 13.5.